The molecule has 4 rings (SSSR count). The molecule has 1 saturated heterocycles. The van der Waals surface area contributed by atoms with Crippen LogP contribution in [-0.2, 0) is 20.9 Å². The zero-order valence-corrected chi connectivity index (χ0v) is 20.3. The zero-order chi connectivity index (χ0) is 23.9. The molecule has 8 nitrogen and oxygen atoms in total. The number of ether oxygens (including phenoxy) is 1. The number of hydrogen-bond donors (Lipinski definition) is 2. The highest BCUT2D eigenvalue weighted by atomic mass is 32.2. The fraction of sp³-hybridized carbons (Fsp3) is 0.360. The molecule has 0 spiro atoms. The van der Waals surface area contributed by atoms with Gasteiger partial charge in [-0.3, -0.25) is 14.5 Å². The number of rotatable bonds is 8. The summed E-state index contributed by atoms with van der Waals surface area (Å²) in [5.41, 5.74) is 3.73. The molecule has 0 saturated carbocycles. The lowest BCUT2D eigenvalue weighted by Gasteiger charge is -2.25. The van der Waals surface area contributed by atoms with Gasteiger partial charge in [0.15, 0.2) is 0 Å². The third-order valence-electron chi connectivity index (χ3n) is 5.75. The van der Waals surface area contributed by atoms with Crippen molar-refractivity contribution in [2.75, 3.05) is 43.9 Å². The van der Waals surface area contributed by atoms with E-state index in [9.17, 15) is 9.59 Å². The first kappa shape index (κ1) is 24.1. The second-order valence-corrected chi connectivity index (χ2v) is 9.18. The number of carbonyl (C=O) groups is 2. The van der Waals surface area contributed by atoms with E-state index in [2.05, 4.69) is 15.5 Å². The van der Waals surface area contributed by atoms with Crippen LogP contribution in [0.5, 0.6) is 0 Å². The van der Waals surface area contributed by atoms with Crippen LogP contribution in [0.4, 0.5) is 5.69 Å². The Morgan fingerprint density at radius 1 is 1.03 bits per heavy atom. The lowest BCUT2D eigenvalue weighted by molar-refractivity contribution is -0.122. The van der Waals surface area contributed by atoms with E-state index in [1.807, 2.05) is 56.3 Å². The maximum absolute atomic E-state index is 12.5. The second kappa shape index (κ2) is 11.4. The predicted octanol–water partition coefficient (Wildman–Crippen LogP) is 2.93. The fourth-order valence-electron chi connectivity index (χ4n) is 3.68. The van der Waals surface area contributed by atoms with Gasteiger partial charge < -0.3 is 15.4 Å². The van der Waals surface area contributed by atoms with Crippen LogP contribution in [0.1, 0.15) is 17.0 Å². The smallest absolute Gasteiger partial charge is 0.243 e. The summed E-state index contributed by atoms with van der Waals surface area (Å²) in [4.78, 5) is 36.5. The first-order chi connectivity index (χ1) is 16.5. The number of nitrogens with one attached hydrogen (secondary N) is 2. The number of fused-ring (bicyclic) bond motifs is 1. The van der Waals surface area contributed by atoms with Crippen LogP contribution in [0.15, 0.2) is 47.5 Å². The Balaban J connectivity index is 1.35. The largest absolute Gasteiger partial charge is 0.379 e. The molecule has 1 fully saturated rings. The van der Waals surface area contributed by atoms with Gasteiger partial charge in [0.05, 0.1) is 37.6 Å². The van der Waals surface area contributed by atoms with Crippen molar-refractivity contribution >= 4 is 40.2 Å². The molecule has 0 bridgehead atoms. The normalized spacial score (nSPS) is 14.2. The minimum absolute atomic E-state index is 0.0838. The van der Waals surface area contributed by atoms with Crippen LogP contribution in [0.3, 0.4) is 0 Å². The summed E-state index contributed by atoms with van der Waals surface area (Å²) >= 11 is 1.36. The van der Waals surface area contributed by atoms with Crippen LogP contribution in [0, 0.1) is 13.8 Å². The van der Waals surface area contributed by atoms with Crippen LogP contribution < -0.4 is 10.6 Å². The lowest BCUT2D eigenvalue weighted by Crippen LogP contribution is -2.36. The molecule has 0 atom stereocenters. The van der Waals surface area contributed by atoms with E-state index in [1.165, 1.54) is 11.8 Å². The Hall–Kier alpha value is -3.01. The highest BCUT2D eigenvalue weighted by molar-refractivity contribution is 8.00. The molecule has 0 radical (unpaired) electrons. The molecule has 178 valence electrons. The number of aromatic nitrogens is 2. The Morgan fingerprint density at radius 2 is 1.82 bits per heavy atom. The lowest BCUT2D eigenvalue weighted by atomic mass is 10.1. The van der Waals surface area contributed by atoms with E-state index >= 15 is 0 Å². The summed E-state index contributed by atoms with van der Waals surface area (Å²) in [7, 11) is 0. The molecule has 0 aliphatic carbocycles. The van der Waals surface area contributed by atoms with Crippen molar-refractivity contribution in [3.63, 3.8) is 0 Å². The summed E-state index contributed by atoms with van der Waals surface area (Å²) in [6.07, 6.45) is 0. The topological polar surface area (TPSA) is 96.5 Å². The summed E-state index contributed by atoms with van der Waals surface area (Å²) < 4.78 is 5.42. The predicted molar refractivity (Wildman–Crippen MR) is 134 cm³/mol. The molecule has 9 heteroatoms. The summed E-state index contributed by atoms with van der Waals surface area (Å²) in [5.74, 6) is 0.414. The number of para-hydroxylation sites is 1. The Kier molecular flexibility index (Phi) is 8.10. The van der Waals surface area contributed by atoms with E-state index in [4.69, 9.17) is 14.7 Å². The summed E-state index contributed by atoms with van der Waals surface area (Å²) in [6, 6.07) is 13.6. The molecule has 2 aromatic carbocycles. The van der Waals surface area contributed by atoms with Crippen molar-refractivity contribution < 1.29 is 14.3 Å². The molecule has 0 unspecified atom stereocenters. The highest BCUT2D eigenvalue weighted by Crippen LogP contribution is 2.25. The molecule has 3 aromatic rings. The summed E-state index contributed by atoms with van der Waals surface area (Å²) in [6.45, 7) is 7.65. The quantitative estimate of drug-likeness (QED) is 0.379. The molecule has 1 aliphatic rings. The third-order valence-corrected chi connectivity index (χ3v) is 6.74. The molecular weight excluding hydrogens is 450 g/mol. The van der Waals surface area contributed by atoms with E-state index in [1.54, 1.807) is 0 Å². The molecular formula is C25H29N5O3S. The van der Waals surface area contributed by atoms with Gasteiger partial charge in [0.25, 0.3) is 0 Å². The summed E-state index contributed by atoms with van der Waals surface area (Å²) in [5, 5.41) is 7.24. The van der Waals surface area contributed by atoms with E-state index in [0.29, 0.717) is 19.8 Å². The molecule has 2 N–H and O–H groups in total. The van der Waals surface area contributed by atoms with Crippen LogP contribution >= 0.6 is 11.8 Å². The number of amides is 2. The number of carbonyl (C=O) groups excluding carboxylic acids is 2. The van der Waals surface area contributed by atoms with Crippen molar-refractivity contribution in [3.05, 3.63) is 59.4 Å². The average Bonchev–Trinajstić information content (AvgIpc) is 2.84. The van der Waals surface area contributed by atoms with Gasteiger partial charge in [-0.2, -0.15) is 0 Å². The third kappa shape index (κ3) is 6.31. The van der Waals surface area contributed by atoms with Gasteiger partial charge in [-0.05, 0) is 37.1 Å². The highest BCUT2D eigenvalue weighted by Gasteiger charge is 2.16. The van der Waals surface area contributed by atoms with E-state index in [0.717, 1.165) is 51.7 Å². The van der Waals surface area contributed by atoms with Gasteiger partial charge in [0.1, 0.15) is 10.9 Å². The van der Waals surface area contributed by atoms with E-state index < -0.39 is 0 Å². The molecule has 2 heterocycles. The maximum Gasteiger partial charge on any atom is 0.243 e. The first-order valence-corrected chi connectivity index (χ1v) is 12.3. The van der Waals surface area contributed by atoms with Crippen LogP contribution in [0.25, 0.3) is 10.9 Å². The first-order valence-electron chi connectivity index (χ1n) is 11.3. The fourth-order valence-corrected chi connectivity index (χ4v) is 4.55. The number of benzene rings is 2. The Labute approximate surface area is 203 Å². The van der Waals surface area contributed by atoms with Crippen molar-refractivity contribution in [3.8, 4) is 0 Å². The number of anilines is 1. The maximum atomic E-state index is 12.5. The van der Waals surface area contributed by atoms with Gasteiger partial charge >= 0.3 is 0 Å². The molecule has 1 aliphatic heterocycles. The van der Waals surface area contributed by atoms with Crippen molar-refractivity contribution in [1.29, 1.82) is 0 Å². The van der Waals surface area contributed by atoms with Crippen molar-refractivity contribution in [1.82, 2.24) is 20.2 Å². The zero-order valence-electron chi connectivity index (χ0n) is 19.5. The van der Waals surface area contributed by atoms with Crippen LogP contribution in [-0.4, -0.2) is 65.3 Å². The number of morpholine rings is 1. The standard InChI is InChI=1S/C25H29N5O3S/c1-17-6-5-9-20(18(17)2)28-23(31)14-26-24(32)16-34-25-19-7-3-4-8-21(19)27-22(29-25)15-30-10-12-33-13-11-30/h3-9H,10-16H2,1-2H3,(H,26,32)(H,28,31). The second-order valence-electron chi connectivity index (χ2n) is 8.21. The molecule has 1 aromatic heterocycles. The minimum atomic E-state index is -0.257. The Morgan fingerprint density at radius 3 is 2.65 bits per heavy atom. The number of thioether (sulfide) groups is 1. The van der Waals surface area contributed by atoms with Gasteiger partial charge in [0, 0.05) is 24.2 Å². The van der Waals surface area contributed by atoms with Gasteiger partial charge in [0.2, 0.25) is 11.8 Å². The Bertz CT molecular complexity index is 1180. The molecule has 34 heavy (non-hydrogen) atoms. The van der Waals surface area contributed by atoms with Crippen molar-refractivity contribution in [2.24, 2.45) is 0 Å². The van der Waals surface area contributed by atoms with Crippen molar-refractivity contribution in [2.45, 2.75) is 25.4 Å². The van der Waals surface area contributed by atoms with Crippen LogP contribution in [0.2, 0.25) is 0 Å². The SMILES string of the molecule is Cc1cccc(NC(=O)CNC(=O)CSc2nc(CN3CCOCC3)nc3ccccc23)c1C. The monoisotopic (exact) mass is 479 g/mol. The number of nitrogens with zero attached hydrogens (tertiary/aromatic N) is 3. The van der Waals surface area contributed by atoms with Gasteiger partial charge in [-0.25, -0.2) is 9.97 Å². The number of hydrogen-bond acceptors (Lipinski definition) is 7. The molecule has 2 amide bonds. The minimum Gasteiger partial charge on any atom is -0.379 e. The average molecular weight is 480 g/mol. The van der Waals surface area contributed by atoms with Gasteiger partial charge in [-0.1, -0.05) is 42.1 Å². The van der Waals surface area contributed by atoms with Gasteiger partial charge in [-0.15, -0.1) is 0 Å². The van der Waals surface area contributed by atoms with E-state index in [-0.39, 0.29) is 24.1 Å². The number of aryl methyl sites for hydroxylation is 1.